The van der Waals surface area contributed by atoms with Gasteiger partial charge in [0, 0.05) is 24.3 Å². The summed E-state index contributed by atoms with van der Waals surface area (Å²) in [5.74, 6) is 5.77. The van der Waals surface area contributed by atoms with E-state index < -0.39 is 0 Å². The number of nitrogens with one attached hydrogen (secondary N) is 1. The fourth-order valence-corrected chi connectivity index (χ4v) is 2.41. The maximum absolute atomic E-state index is 12.1. The Balaban J connectivity index is 1.88. The van der Waals surface area contributed by atoms with Gasteiger partial charge in [0.05, 0.1) is 12.6 Å². The summed E-state index contributed by atoms with van der Waals surface area (Å²) in [5, 5.41) is 2.94. The molecule has 4 heteroatoms. The average molecular weight is 286 g/mol. The maximum Gasteiger partial charge on any atom is 0.251 e. The van der Waals surface area contributed by atoms with Gasteiger partial charge in [0.2, 0.25) is 0 Å². The zero-order chi connectivity index (χ0) is 15.1. The molecule has 3 N–H and O–H groups in total. The summed E-state index contributed by atoms with van der Waals surface area (Å²) in [6.07, 6.45) is 3.41. The molecule has 1 aromatic rings. The molecular weight excluding hydrogens is 264 g/mol. The SMILES string of the molecule is Cc1cc(C(=O)NCCC2CCCO2)ccc1C#CCN. The Morgan fingerprint density at radius 3 is 3.05 bits per heavy atom. The molecule has 112 valence electrons. The summed E-state index contributed by atoms with van der Waals surface area (Å²) < 4.78 is 5.54. The normalized spacial score (nSPS) is 17.1. The second-order valence-corrected chi connectivity index (χ2v) is 5.22. The van der Waals surface area contributed by atoms with Crippen LogP contribution in [0.3, 0.4) is 0 Å². The quantitative estimate of drug-likeness (QED) is 0.826. The van der Waals surface area contributed by atoms with Crippen molar-refractivity contribution in [2.24, 2.45) is 5.73 Å². The number of nitrogens with two attached hydrogens (primary N) is 1. The molecule has 1 saturated heterocycles. The number of hydrogen-bond donors (Lipinski definition) is 2. The molecule has 0 saturated carbocycles. The fourth-order valence-electron chi connectivity index (χ4n) is 2.41. The van der Waals surface area contributed by atoms with Crippen molar-refractivity contribution in [1.82, 2.24) is 5.32 Å². The number of carbonyl (C=O) groups excluding carboxylic acids is 1. The number of amides is 1. The lowest BCUT2D eigenvalue weighted by molar-refractivity contribution is 0.0907. The third-order valence-electron chi connectivity index (χ3n) is 3.59. The predicted molar refractivity (Wildman–Crippen MR) is 83.0 cm³/mol. The van der Waals surface area contributed by atoms with Gasteiger partial charge in [0.25, 0.3) is 5.91 Å². The number of ether oxygens (including phenoxy) is 1. The van der Waals surface area contributed by atoms with Gasteiger partial charge < -0.3 is 15.8 Å². The number of aryl methyl sites for hydroxylation is 1. The fraction of sp³-hybridized carbons (Fsp3) is 0.471. The van der Waals surface area contributed by atoms with Crippen molar-refractivity contribution >= 4 is 5.91 Å². The second-order valence-electron chi connectivity index (χ2n) is 5.22. The molecule has 2 rings (SSSR count). The number of carbonyl (C=O) groups is 1. The maximum atomic E-state index is 12.1. The summed E-state index contributed by atoms with van der Waals surface area (Å²) in [6.45, 7) is 3.79. The molecule has 1 amide bonds. The Labute approximate surface area is 126 Å². The van der Waals surface area contributed by atoms with Crippen LogP contribution in [0.1, 0.15) is 40.7 Å². The minimum atomic E-state index is -0.0468. The van der Waals surface area contributed by atoms with Gasteiger partial charge in [-0.2, -0.15) is 0 Å². The van der Waals surface area contributed by atoms with Gasteiger partial charge >= 0.3 is 0 Å². The summed E-state index contributed by atoms with van der Waals surface area (Å²) in [5.41, 5.74) is 7.93. The first kappa shape index (κ1) is 15.6. The molecule has 1 fully saturated rings. The van der Waals surface area contributed by atoms with Crippen molar-refractivity contribution < 1.29 is 9.53 Å². The lowest BCUT2D eigenvalue weighted by Gasteiger charge is -2.10. The topological polar surface area (TPSA) is 64.3 Å². The molecule has 1 aliphatic rings. The number of benzene rings is 1. The van der Waals surface area contributed by atoms with Crippen LogP contribution in [-0.4, -0.2) is 31.7 Å². The zero-order valence-electron chi connectivity index (χ0n) is 12.4. The van der Waals surface area contributed by atoms with Crippen molar-refractivity contribution in [3.63, 3.8) is 0 Å². The van der Waals surface area contributed by atoms with Crippen LogP contribution in [0.2, 0.25) is 0 Å². The van der Waals surface area contributed by atoms with E-state index in [0.29, 0.717) is 24.8 Å². The highest BCUT2D eigenvalue weighted by Crippen LogP contribution is 2.14. The zero-order valence-corrected chi connectivity index (χ0v) is 12.4. The summed E-state index contributed by atoms with van der Waals surface area (Å²) >= 11 is 0. The van der Waals surface area contributed by atoms with Gasteiger partial charge in [-0.05, 0) is 49.9 Å². The Morgan fingerprint density at radius 1 is 1.52 bits per heavy atom. The van der Waals surface area contributed by atoms with Crippen LogP contribution in [0.5, 0.6) is 0 Å². The minimum absolute atomic E-state index is 0.0468. The smallest absolute Gasteiger partial charge is 0.251 e. The van der Waals surface area contributed by atoms with Gasteiger partial charge in [0.1, 0.15) is 0 Å². The lowest BCUT2D eigenvalue weighted by Crippen LogP contribution is -2.27. The first-order valence-corrected chi connectivity index (χ1v) is 7.40. The van der Waals surface area contributed by atoms with Crippen molar-refractivity contribution in [3.05, 3.63) is 34.9 Å². The van der Waals surface area contributed by atoms with E-state index in [2.05, 4.69) is 17.2 Å². The summed E-state index contributed by atoms with van der Waals surface area (Å²) in [7, 11) is 0. The third kappa shape index (κ3) is 4.59. The molecule has 1 aromatic carbocycles. The highest BCUT2D eigenvalue weighted by molar-refractivity contribution is 5.94. The van der Waals surface area contributed by atoms with Crippen molar-refractivity contribution in [2.45, 2.75) is 32.3 Å². The molecule has 0 spiro atoms. The van der Waals surface area contributed by atoms with E-state index in [0.717, 1.165) is 37.0 Å². The Morgan fingerprint density at radius 2 is 2.38 bits per heavy atom. The van der Waals surface area contributed by atoms with Crippen molar-refractivity contribution in [3.8, 4) is 11.8 Å². The molecule has 4 nitrogen and oxygen atoms in total. The van der Waals surface area contributed by atoms with Gasteiger partial charge in [-0.3, -0.25) is 4.79 Å². The summed E-state index contributed by atoms with van der Waals surface area (Å²) in [4.78, 5) is 12.1. The molecule has 1 aliphatic heterocycles. The molecule has 0 aliphatic carbocycles. The van der Waals surface area contributed by atoms with E-state index in [1.54, 1.807) is 6.07 Å². The van der Waals surface area contributed by atoms with E-state index in [4.69, 9.17) is 10.5 Å². The van der Waals surface area contributed by atoms with Crippen LogP contribution in [0, 0.1) is 18.8 Å². The molecule has 0 bridgehead atoms. The van der Waals surface area contributed by atoms with Crippen LogP contribution in [0.15, 0.2) is 18.2 Å². The van der Waals surface area contributed by atoms with E-state index in [9.17, 15) is 4.79 Å². The molecule has 1 unspecified atom stereocenters. The van der Waals surface area contributed by atoms with Crippen LogP contribution < -0.4 is 11.1 Å². The Kier molecular flexibility index (Phi) is 5.79. The van der Waals surface area contributed by atoms with Crippen LogP contribution in [-0.2, 0) is 4.74 Å². The standard InChI is InChI=1S/C17H22N2O2/c1-13-12-15(7-6-14(13)4-2-9-18)17(20)19-10-8-16-5-3-11-21-16/h6-7,12,16H,3,5,8-11,18H2,1H3,(H,19,20). The molecule has 0 radical (unpaired) electrons. The van der Waals surface area contributed by atoms with Crippen LogP contribution in [0.4, 0.5) is 0 Å². The molecule has 1 heterocycles. The van der Waals surface area contributed by atoms with Crippen LogP contribution in [0.25, 0.3) is 0 Å². The second kappa shape index (κ2) is 7.82. The van der Waals surface area contributed by atoms with Gasteiger partial charge in [0.15, 0.2) is 0 Å². The monoisotopic (exact) mass is 286 g/mol. The first-order chi connectivity index (χ1) is 10.2. The Hall–Kier alpha value is -1.83. The van der Waals surface area contributed by atoms with E-state index in [1.165, 1.54) is 0 Å². The highest BCUT2D eigenvalue weighted by Gasteiger charge is 2.15. The lowest BCUT2D eigenvalue weighted by atomic mass is 10.0. The first-order valence-electron chi connectivity index (χ1n) is 7.40. The molecule has 0 aromatic heterocycles. The average Bonchev–Trinajstić information content (AvgIpc) is 2.99. The van der Waals surface area contributed by atoms with E-state index in [-0.39, 0.29) is 5.91 Å². The largest absolute Gasteiger partial charge is 0.378 e. The highest BCUT2D eigenvalue weighted by atomic mass is 16.5. The minimum Gasteiger partial charge on any atom is -0.378 e. The van der Waals surface area contributed by atoms with E-state index in [1.807, 2.05) is 19.1 Å². The van der Waals surface area contributed by atoms with Crippen molar-refractivity contribution in [2.75, 3.05) is 19.7 Å². The Bertz CT molecular complexity index is 552. The van der Waals surface area contributed by atoms with E-state index >= 15 is 0 Å². The third-order valence-corrected chi connectivity index (χ3v) is 3.59. The molecule has 1 atom stereocenters. The predicted octanol–water partition coefficient (Wildman–Crippen LogP) is 1.60. The number of hydrogen-bond acceptors (Lipinski definition) is 3. The van der Waals surface area contributed by atoms with Crippen molar-refractivity contribution in [1.29, 1.82) is 0 Å². The molecular formula is C17H22N2O2. The van der Waals surface area contributed by atoms with Gasteiger partial charge in [-0.1, -0.05) is 11.8 Å². The number of rotatable bonds is 4. The van der Waals surface area contributed by atoms with Crippen LogP contribution >= 0.6 is 0 Å². The summed E-state index contributed by atoms with van der Waals surface area (Å²) in [6, 6.07) is 5.53. The van der Waals surface area contributed by atoms with Gasteiger partial charge in [-0.15, -0.1) is 0 Å². The van der Waals surface area contributed by atoms with Gasteiger partial charge in [-0.25, -0.2) is 0 Å². The molecule has 21 heavy (non-hydrogen) atoms.